The van der Waals surface area contributed by atoms with E-state index in [0.717, 1.165) is 35.5 Å². The van der Waals surface area contributed by atoms with Gasteiger partial charge in [-0.3, -0.25) is 0 Å². The maximum atomic E-state index is 3.21. The summed E-state index contributed by atoms with van der Waals surface area (Å²) in [6, 6.07) is 0. The molecule has 0 aromatic heterocycles. The molecule has 0 N–H and O–H groups in total. The Morgan fingerprint density at radius 1 is 0.386 bits per heavy atom. The van der Waals surface area contributed by atoms with E-state index >= 15 is 0 Å². The van der Waals surface area contributed by atoms with Crippen molar-refractivity contribution in [3.8, 4) is 0 Å². The Bertz CT molecular complexity index is 936. The van der Waals surface area contributed by atoms with Crippen LogP contribution in [0.3, 0.4) is 0 Å². The third-order valence-corrected chi connectivity index (χ3v) is 19.5. The van der Waals surface area contributed by atoms with E-state index in [1.54, 1.807) is 0 Å². The van der Waals surface area contributed by atoms with Crippen LogP contribution in [-0.4, -0.2) is 123 Å². The molecular formula is C38H58N2Te4. The molecule has 44 heavy (non-hydrogen) atoms. The van der Waals surface area contributed by atoms with E-state index in [0.29, 0.717) is 11.1 Å². The number of hydrogen-bond acceptors (Lipinski definition) is 2. The minimum absolute atomic E-state index is 0.373. The molecule has 8 aliphatic rings. The topological polar surface area (TPSA) is 6.48 Å². The second-order valence-corrected chi connectivity index (χ2v) is 21.5. The van der Waals surface area contributed by atoms with Crippen molar-refractivity contribution in [2.45, 2.75) is 178 Å². The average Bonchev–Trinajstić information content (AvgIpc) is 3.05. The molecule has 2 nitrogen and oxygen atoms in total. The molecule has 0 amide bonds. The van der Waals surface area contributed by atoms with Crippen molar-refractivity contribution in [3.05, 3.63) is 0 Å². The van der Waals surface area contributed by atoms with Gasteiger partial charge in [0.1, 0.15) is 0 Å². The Hall–Kier alpha value is 2.24. The first-order valence-corrected chi connectivity index (χ1v) is 23.8. The summed E-state index contributed by atoms with van der Waals surface area (Å²) >= 11 is 10.2. The summed E-state index contributed by atoms with van der Waals surface area (Å²) in [7, 11) is 0. The number of rotatable bonds is 10. The van der Waals surface area contributed by atoms with Crippen molar-refractivity contribution < 1.29 is 0 Å². The van der Waals surface area contributed by atoms with E-state index in [-0.39, 0.29) is 0 Å². The van der Waals surface area contributed by atoms with Crippen LogP contribution >= 0.6 is 0 Å². The molecule has 8 saturated carbocycles. The molecule has 0 aromatic carbocycles. The zero-order chi connectivity index (χ0) is 30.3. The van der Waals surface area contributed by atoms with E-state index in [1.165, 1.54) is 167 Å². The Labute approximate surface area is 321 Å². The van der Waals surface area contributed by atoms with Gasteiger partial charge in [0.25, 0.3) is 0 Å². The Morgan fingerprint density at radius 3 is 0.886 bits per heavy atom. The zero-order valence-electron chi connectivity index (χ0n) is 27.4. The standard InChI is InChI=1S/C38H58N2Te4/c41-33(29-13-5-1-6-14-29)39(34(42)30-15-7-2-8-16-30)37-22-27-21-28(23-37)25-38(24-27,26-37)40(35(43)31-17-9-3-10-18-31)36(44)32-19-11-4-12-20-32/h27-32H,1-26H2. The summed E-state index contributed by atoms with van der Waals surface area (Å²) in [5.74, 6) is 5.20. The van der Waals surface area contributed by atoms with Gasteiger partial charge in [-0.05, 0) is 0 Å². The quantitative estimate of drug-likeness (QED) is 0.214. The predicted octanol–water partition coefficient (Wildman–Crippen LogP) is 7.20. The van der Waals surface area contributed by atoms with E-state index in [2.05, 4.69) is 97.1 Å². The van der Waals surface area contributed by atoms with Gasteiger partial charge in [0.15, 0.2) is 0 Å². The van der Waals surface area contributed by atoms with Crippen LogP contribution < -0.4 is 0 Å². The molecule has 0 saturated heterocycles. The van der Waals surface area contributed by atoms with Gasteiger partial charge in [0.2, 0.25) is 0 Å². The molecule has 8 rings (SSSR count). The third-order valence-electron chi connectivity index (χ3n) is 13.6. The van der Waals surface area contributed by atoms with Gasteiger partial charge in [0, 0.05) is 0 Å². The third kappa shape index (κ3) is 7.06. The molecule has 8 aliphatic carbocycles. The summed E-state index contributed by atoms with van der Waals surface area (Å²) in [4.78, 5) is 6.43. The van der Waals surface area contributed by atoms with Crippen LogP contribution in [0.1, 0.15) is 167 Å². The van der Waals surface area contributed by atoms with Gasteiger partial charge in [-0.25, -0.2) is 0 Å². The Balaban J connectivity index is 1.27. The molecule has 0 unspecified atom stereocenters. The van der Waals surface area contributed by atoms with Gasteiger partial charge >= 0.3 is 325 Å². The molecule has 8 fully saturated rings. The van der Waals surface area contributed by atoms with Crippen LogP contribution in [0.5, 0.6) is 0 Å². The summed E-state index contributed by atoms with van der Waals surface area (Å²) in [5.41, 5.74) is 0.747. The maximum absolute atomic E-state index is 3.21. The normalized spacial score (nSPS) is 35.4. The fourth-order valence-electron chi connectivity index (χ4n) is 12.0. The fraction of sp³-hybridized carbons (Fsp3) is 0.895. The second kappa shape index (κ2) is 15.2. The van der Waals surface area contributed by atoms with Crippen molar-refractivity contribution in [2.75, 3.05) is 0 Å². The Kier molecular flexibility index (Phi) is 12.0. The number of nitrogens with zero attached hydrogens (tertiary/aromatic N) is 2. The SMILES string of the molecule is [Te]=C(C1CCCCC1)N(C(=[Te])C1CCCCC1)C12CC3CC(C1)CC(N(C(=[Te])C1CCCCC1)C(=[Te])C1CCCCC1)(C3)C2. The van der Waals surface area contributed by atoms with Gasteiger partial charge in [-0.15, -0.1) is 0 Å². The molecule has 0 aliphatic heterocycles. The van der Waals surface area contributed by atoms with Gasteiger partial charge in [0.05, 0.1) is 0 Å². The average molecular weight is 1050 g/mol. The van der Waals surface area contributed by atoms with E-state index in [9.17, 15) is 0 Å². The summed E-state index contributed by atoms with van der Waals surface area (Å²) in [5, 5.41) is 0. The van der Waals surface area contributed by atoms with E-state index < -0.39 is 0 Å². The summed E-state index contributed by atoms with van der Waals surface area (Å²) in [6.45, 7) is 0. The van der Waals surface area contributed by atoms with E-state index in [1.807, 2.05) is 14.7 Å². The van der Waals surface area contributed by atoms with Crippen molar-refractivity contribution >= 4 is 102 Å². The van der Waals surface area contributed by atoms with Crippen LogP contribution in [0.2, 0.25) is 0 Å². The van der Waals surface area contributed by atoms with Crippen LogP contribution in [0.25, 0.3) is 0 Å². The molecule has 0 aromatic rings. The first kappa shape index (κ1) is 34.7. The molecule has 4 bridgehead atoms. The van der Waals surface area contributed by atoms with Crippen molar-refractivity contribution in [3.63, 3.8) is 0 Å². The second-order valence-electron chi connectivity index (χ2n) is 16.8. The van der Waals surface area contributed by atoms with Crippen LogP contribution in [-0.2, 0) is 0 Å². The zero-order valence-corrected chi connectivity index (χ0v) is 36.7. The molecule has 0 heterocycles. The molecule has 0 atom stereocenters. The first-order valence-electron chi connectivity index (χ1n) is 19.1. The monoisotopic (exact) mass is 1060 g/mol. The Morgan fingerprint density at radius 2 is 0.636 bits per heavy atom. The van der Waals surface area contributed by atoms with E-state index in [4.69, 9.17) is 0 Å². The summed E-state index contributed by atoms with van der Waals surface area (Å²) < 4.78 is 7.32. The van der Waals surface area contributed by atoms with Crippen LogP contribution in [0, 0.1) is 35.5 Å². The predicted molar refractivity (Wildman–Crippen MR) is 193 cm³/mol. The van der Waals surface area contributed by atoms with Crippen molar-refractivity contribution in [1.82, 2.24) is 9.80 Å². The molecule has 0 spiro atoms. The summed E-state index contributed by atoms with van der Waals surface area (Å²) in [6.07, 6.45) is 38.1. The first-order chi connectivity index (χ1) is 21.4. The number of hydrogen-bond donors (Lipinski definition) is 0. The van der Waals surface area contributed by atoms with Crippen molar-refractivity contribution in [2.24, 2.45) is 35.5 Å². The molecule has 6 heteroatoms. The van der Waals surface area contributed by atoms with Gasteiger partial charge in [-0.1, -0.05) is 0 Å². The van der Waals surface area contributed by atoms with Crippen LogP contribution in [0.15, 0.2) is 0 Å². The molecular weight excluding hydrogens is 995 g/mol. The minimum atomic E-state index is 0.373. The van der Waals surface area contributed by atoms with Crippen molar-refractivity contribution in [1.29, 1.82) is 0 Å². The fourth-order valence-corrected chi connectivity index (χ4v) is 19.1. The molecule has 244 valence electrons. The van der Waals surface area contributed by atoms with Crippen LogP contribution in [0.4, 0.5) is 0 Å². The van der Waals surface area contributed by atoms with Gasteiger partial charge in [-0.2, -0.15) is 0 Å². The van der Waals surface area contributed by atoms with Gasteiger partial charge < -0.3 is 0 Å². The molecule has 0 radical (unpaired) electrons.